The summed E-state index contributed by atoms with van der Waals surface area (Å²) in [6.45, 7) is 1.69. The summed E-state index contributed by atoms with van der Waals surface area (Å²) in [7, 11) is 2.96. The summed E-state index contributed by atoms with van der Waals surface area (Å²) in [4.78, 5) is 23.9. The van der Waals surface area contributed by atoms with Crippen LogP contribution in [0.15, 0.2) is 18.2 Å². The van der Waals surface area contributed by atoms with Gasteiger partial charge in [-0.2, -0.15) is 0 Å². The Hall–Kier alpha value is -2.31. The molecule has 0 spiro atoms. The molecule has 0 saturated heterocycles. The van der Waals surface area contributed by atoms with Crippen molar-refractivity contribution in [2.24, 2.45) is 5.92 Å². The molecule has 2 N–H and O–H groups in total. The number of nitrogens with zero attached hydrogens (tertiary/aromatic N) is 1. The van der Waals surface area contributed by atoms with Gasteiger partial charge in [0.25, 0.3) is 0 Å². The Bertz CT molecular complexity index is 522. The summed E-state index contributed by atoms with van der Waals surface area (Å²) in [6.07, 6.45) is 0. The lowest BCUT2D eigenvalue weighted by molar-refractivity contribution is -0.141. The number of carbonyl (C=O) groups is 2. The molecule has 1 aromatic carbocycles. The lowest BCUT2D eigenvalue weighted by atomic mass is 10.2. The summed E-state index contributed by atoms with van der Waals surface area (Å²) >= 11 is 0. The second-order valence-electron chi connectivity index (χ2n) is 4.73. The fourth-order valence-electron chi connectivity index (χ4n) is 1.76. The van der Waals surface area contributed by atoms with Crippen molar-refractivity contribution in [3.8, 4) is 5.75 Å². The third-order valence-electron chi connectivity index (χ3n) is 2.99. The van der Waals surface area contributed by atoms with E-state index in [1.807, 2.05) is 0 Å². The normalized spacial score (nSPS) is 11.6. The Balaban J connectivity index is 2.60. The molecule has 0 radical (unpaired) electrons. The highest BCUT2D eigenvalue weighted by atomic mass is 19.1. The van der Waals surface area contributed by atoms with E-state index in [0.717, 1.165) is 0 Å². The summed E-state index contributed by atoms with van der Waals surface area (Å²) in [5.74, 6) is -1.59. The number of halogens is 1. The summed E-state index contributed by atoms with van der Waals surface area (Å²) in [6, 6.07) is 3.59. The molecule has 21 heavy (non-hydrogen) atoms. The molecule has 0 bridgehead atoms. The second-order valence-corrected chi connectivity index (χ2v) is 4.73. The number of hydrogen-bond donors (Lipinski definition) is 2. The minimum absolute atomic E-state index is 0.0848. The molecule has 0 aromatic heterocycles. The van der Waals surface area contributed by atoms with Gasteiger partial charge in [-0.3, -0.25) is 4.79 Å². The fourth-order valence-corrected chi connectivity index (χ4v) is 1.76. The van der Waals surface area contributed by atoms with E-state index in [0.29, 0.717) is 11.3 Å². The number of rotatable bonds is 6. The van der Waals surface area contributed by atoms with Gasteiger partial charge in [0.2, 0.25) is 0 Å². The number of nitrogens with one attached hydrogen (secondary N) is 1. The maximum absolute atomic E-state index is 13.2. The van der Waals surface area contributed by atoms with Crippen molar-refractivity contribution in [2.75, 3.05) is 20.7 Å². The van der Waals surface area contributed by atoms with Crippen LogP contribution >= 0.6 is 0 Å². The van der Waals surface area contributed by atoms with Gasteiger partial charge < -0.3 is 20.1 Å². The molecule has 0 saturated carbocycles. The molecule has 0 aliphatic carbocycles. The minimum Gasteiger partial charge on any atom is -0.496 e. The fraction of sp³-hybridized carbons (Fsp3) is 0.429. The average Bonchev–Trinajstić information content (AvgIpc) is 2.44. The maximum Gasteiger partial charge on any atom is 0.317 e. The smallest absolute Gasteiger partial charge is 0.317 e. The Morgan fingerprint density at radius 1 is 1.48 bits per heavy atom. The van der Waals surface area contributed by atoms with Crippen LogP contribution in [0.5, 0.6) is 5.75 Å². The van der Waals surface area contributed by atoms with Gasteiger partial charge in [-0.1, -0.05) is 6.92 Å². The van der Waals surface area contributed by atoms with Crippen molar-refractivity contribution < 1.29 is 23.8 Å². The van der Waals surface area contributed by atoms with Crippen LogP contribution in [0.4, 0.5) is 9.18 Å². The molecule has 0 aliphatic rings. The number of aliphatic carboxylic acids is 1. The summed E-state index contributed by atoms with van der Waals surface area (Å²) in [5, 5.41) is 11.4. The van der Waals surface area contributed by atoms with Crippen LogP contribution in [0, 0.1) is 11.7 Å². The van der Waals surface area contributed by atoms with Crippen molar-refractivity contribution in [3.05, 3.63) is 29.6 Å². The van der Waals surface area contributed by atoms with Gasteiger partial charge in [-0.25, -0.2) is 9.18 Å². The van der Waals surface area contributed by atoms with E-state index in [9.17, 15) is 14.0 Å². The number of benzene rings is 1. The van der Waals surface area contributed by atoms with Gasteiger partial charge in [-0.05, 0) is 18.2 Å². The van der Waals surface area contributed by atoms with E-state index in [1.54, 1.807) is 0 Å². The first-order chi connectivity index (χ1) is 9.85. The molecule has 0 heterocycles. The zero-order chi connectivity index (χ0) is 16.0. The van der Waals surface area contributed by atoms with Gasteiger partial charge in [-0.15, -0.1) is 0 Å². The third-order valence-corrected chi connectivity index (χ3v) is 2.99. The van der Waals surface area contributed by atoms with Crippen LogP contribution in [-0.4, -0.2) is 42.7 Å². The van der Waals surface area contributed by atoms with Crippen LogP contribution in [0.1, 0.15) is 12.5 Å². The lowest BCUT2D eigenvalue weighted by Gasteiger charge is -2.20. The summed E-state index contributed by atoms with van der Waals surface area (Å²) in [5.41, 5.74) is 0.505. The molecule has 1 unspecified atom stereocenters. The zero-order valence-electron chi connectivity index (χ0n) is 12.2. The number of carboxylic acids is 1. The van der Waals surface area contributed by atoms with Crippen molar-refractivity contribution >= 4 is 12.0 Å². The van der Waals surface area contributed by atoms with E-state index in [1.165, 1.54) is 44.2 Å². The highest BCUT2D eigenvalue weighted by Crippen LogP contribution is 2.18. The zero-order valence-corrected chi connectivity index (χ0v) is 12.2. The van der Waals surface area contributed by atoms with Crippen molar-refractivity contribution in [3.63, 3.8) is 0 Å². The van der Waals surface area contributed by atoms with Crippen LogP contribution in [-0.2, 0) is 11.3 Å². The first kappa shape index (κ1) is 16.7. The van der Waals surface area contributed by atoms with E-state index in [2.05, 4.69) is 5.32 Å². The minimum atomic E-state index is -0.971. The monoisotopic (exact) mass is 298 g/mol. The van der Waals surface area contributed by atoms with Crippen LogP contribution in [0.3, 0.4) is 0 Å². The van der Waals surface area contributed by atoms with E-state index in [-0.39, 0.29) is 13.1 Å². The molecular weight excluding hydrogens is 279 g/mol. The molecule has 7 heteroatoms. The SMILES string of the molecule is COc1ccc(F)cc1CNC(=O)N(C)CC(C)C(=O)O. The van der Waals surface area contributed by atoms with Gasteiger partial charge in [0, 0.05) is 25.7 Å². The molecule has 1 rings (SSSR count). The Kier molecular flexibility index (Phi) is 5.95. The van der Waals surface area contributed by atoms with Crippen LogP contribution in [0.2, 0.25) is 0 Å². The lowest BCUT2D eigenvalue weighted by Crippen LogP contribution is -2.40. The van der Waals surface area contributed by atoms with Crippen LogP contribution < -0.4 is 10.1 Å². The third kappa shape index (κ3) is 4.94. The predicted molar refractivity (Wildman–Crippen MR) is 74.6 cm³/mol. The van der Waals surface area contributed by atoms with Crippen molar-refractivity contribution in [1.82, 2.24) is 10.2 Å². The van der Waals surface area contributed by atoms with Gasteiger partial charge in [0.05, 0.1) is 13.0 Å². The van der Waals surface area contributed by atoms with Crippen LogP contribution in [0.25, 0.3) is 0 Å². The average molecular weight is 298 g/mol. The largest absolute Gasteiger partial charge is 0.496 e. The number of hydrogen-bond acceptors (Lipinski definition) is 3. The highest BCUT2D eigenvalue weighted by Gasteiger charge is 2.17. The molecular formula is C14H19FN2O4. The topological polar surface area (TPSA) is 78.9 Å². The van der Waals surface area contributed by atoms with E-state index in [4.69, 9.17) is 9.84 Å². The van der Waals surface area contributed by atoms with Crippen molar-refractivity contribution in [2.45, 2.75) is 13.5 Å². The van der Waals surface area contributed by atoms with E-state index < -0.39 is 23.7 Å². The van der Waals surface area contributed by atoms with Gasteiger partial charge >= 0.3 is 12.0 Å². The number of carbonyl (C=O) groups excluding carboxylic acids is 1. The van der Waals surface area contributed by atoms with Gasteiger partial charge in [0.15, 0.2) is 0 Å². The highest BCUT2D eigenvalue weighted by molar-refractivity contribution is 5.75. The summed E-state index contributed by atoms with van der Waals surface area (Å²) < 4.78 is 18.3. The Labute approximate surface area is 122 Å². The molecule has 0 aliphatic heterocycles. The molecule has 116 valence electrons. The number of carboxylic acid groups (broad SMARTS) is 1. The first-order valence-electron chi connectivity index (χ1n) is 6.39. The predicted octanol–water partition coefficient (Wildman–Crippen LogP) is 1.70. The van der Waals surface area contributed by atoms with E-state index >= 15 is 0 Å². The maximum atomic E-state index is 13.2. The number of urea groups is 1. The van der Waals surface area contributed by atoms with Gasteiger partial charge in [0.1, 0.15) is 11.6 Å². The Morgan fingerprint density at radius 2 is 2.14 bits per heavy atom. The molecule has 1 atom stereocenters. The second kappa shape index (κ2) is 7.47. The number of amides is 2. The molecule has 2 amide bonds. The Morgan fingerprint density at radius 3 is 2.71 bits per heavy atom. The molecule has 1 aromatic rings. The standard InChI is InChI=1S/C14H19FN2O4/c1-9(13(18)19)8-17(2)14(20)16-7-10-6-11(15)4-5-12(10)21-3/h4-6,9H,7-8H2,1-3H3,(H,16,20)(H,18,19). The number of methoxy groups -OCH3 is 1. The molecule has 6 nitrogen and oxygen atoms in total. The first-order valence-corrected chi connectivity index (χ1v) is 6.39. The quantitative estimate of drug-likeness (QED) is 0.838. The molecule has 0 fully saturated rings. The van der Waals surface area contributed by atoms with Crippen molar-refractivity contribution in [1.29, 1.82) is 0 Å². The number of ether oxygens (including phenoxy) is 1.